The minimum Gasteiger partial charge on any atom is -0.384 e. The van der Waals surface area contributed by atoms with E-state index >= 15 is 0 Å². The molecule has 3 nitrogen and oxygen atoms in total. The van der Waals surface area contributed by atoms with Crippen LogP contribution in [0.4, 0.5) is 0 Å². The van der Waals surface area contributed by atoms with Gasteiger partial charge in [0.05, 0.1) is 0 Å². The van der Waals surface area contributed by atoms with Crippen molar-refractivity contribution in [1.82, 2.24) is 4.90 Å². The van der Waals surface area contributed by atoms with Crippen LogP contribution in [0.15, 0.2) is 11.4 Å². The minimum absolute atomic E-state index is 0.0518. The Kier molecular flexibility index (Phi) is 6.48. The van der Waals surface area contributed by atoms with E-state index in [-0.39, 0.29) is 12.5 Å². The summed E-state index contributed by atoms with van der Waals surface area (Å²) in [5.41, 5.74) is 0.719. The van der Waals surface area contributed by atoms with E-state index in [0.29, 0.717) is 4.88 Å². The van der Waals surface area contributed by atoms with Crippen LogP contribution in [0.2, 0.25) is 0 Å². The van der Waals surface area contributed by atoms with Crippen LogP contribution in [0, 0.1) is 11.8 Å². The monoisotopic (exact) mass is 265 g/mol. The van der Waals surface area contributed by atoms with Crippen molar-refractivity contribution in [3.05, 3.63) is 21.9 Å². The molecule has 1 N–H and O–H groups in total. The van der Waals surface area contributed by atoms with Crippen LogP contribution in [0.3, 0.4) is 0 Å². The van der Waals surface area contributed by atoms with Gasteiger partial charge < -0.3 is 10.0 Å². The van der Waals surface area contributed by atoms with E-state index in [9.17, 15) is 4.79 Å². The van der Waals surface area contributed by atoms with Crippen LogP contribution in [0.5, 0.6) is 0 Å². The van der Waals surface area contributed by atoms with Crippen LogP contribution >= 0.6 is 11.3 Å². The zero-order valence-electron chi connectivity index (χ0n) is 10.9. The summed E-state index contributed by atoms with van der Waals surface area (Å²) in [5, 5.41) is 10.6. The van der Waals surface area contributed by atoms with Gasteiger partial charge in [0, 0.05) is 18.7 Å². The number of thiophene rings is 1. The lowest BCUT2D eigenvalue weighted by Gasteiger charge is -2.20. The maximum Gasteiger partial charge on any atom is 0.265 e. The summed E-state index contributed by atoms with van der Waals surface area (Å²) in [6, 6.07) is 1.83. The third-order valence-corrected chi connectivity index (χ3v) is 3.34. The standard InChI is InChI=1S/C14H19NO2S/c1-3-8-15(9-4-2)14(17)13-12(6-5-10-16)7-11-18-13/h7,11,16H,3-4,8-10H2,1-2H3. The molecule has 0 fully saturated rings. The van der Waals surface area contributed by atoms with Gasteiger partial charge in [0.15, 0.2) is 0 Å². The summed E-state index contributed by atoms with van der Waals surface area (Å²) < 4.78 is 0. The summed E-state index contributed by atoms with van der Waals surface area (Å²) in [7, 11) is 0. The van der Waals surface area contributed by atoms with Crippen molar-refractivity contribution in [2.24, 2.45) is 0 Å². The van der Waals surface area contributed by atoms with Crippen molar-refractivity contribution >= 4 is 17.2 Å². The molecule has 0 spiro atoms. The van der Waals surface area contributed by atoms with Crippen LogP contribution in [0.25, 0.3) is 0 Å². The number of rotatable bonds is 5. The Morgan fingerprint density at radius 1 is 1.39 bits per heavy atom. The van der Waals surface area contributed by atoms with Crippen molar-refractivity contribution in [2.75, 3.05) is 19.7 Å². The smallest absolute Gasteiger partial charge is 0.265 e. The zero-order chi connectivity index (χ0) is 13.4. The topological polar surface area (TPSA) is 40.5 Å². The van der Waals surface area contributed by atoms with Gasteiger partial charge in [-0.15, -0.1) is 11.3 Å². The third kappa shape index (κ3) is 3.86. The molecule has 18 heavy (non-hydrogen) atoms. The first-order chi connectivity index (χ1) is 8.74. The fourth-order valence-electron chi connectivity index (χ4n) is 1.71. The van der Waals surface area contributed by atoms with E-state index in [2.05, 4.69) is 25.7 Å². The maximum absolute atomic E-state index is 12.4. The minimum atomic E-state index is -0.183. The average molecular weight is 265 g/mol. The third-order valence-electron chi connectivity index (χ3n) is 2.44. The Morgan fingerprint density at radius 3 is 2.61 bits per heavy atom. The summed E-state index contributed by atoms with van der Waals surface area (Å²) in [5.74, 6) is 5.47. The van der Waals surface area contributed by atoms with Gasteiger partial charge in [-0.25, -0.2) is 0 Å². The zero-order valence-corrected chi connectivity index (χ0v) is 11.7. The molecule has 1 heterocycles. The molecule has 1 aromatic heterocycles. The first-order valence-electron chi connectivity index (χ1n) is 6.21. The van der Waals surface area contributed by atoms with Crippen molar-refractivity contribution in [3.63, 3.8) is 0 Å². The van der Waals surface area contributed by atoms with Crippen LogP contribution in [0.1, 0.15) is 41.9 Å². The maximum atomic E-state index is 12.4. The molecule has 0 aromatic carbocycles. The average Bonchev–Trinajstić information content (AvgIpc) is 2.83. The van der Waals surface area contributed by atoms with Crippen molar-refractivity contribution < 1.29 is 9.90 Å². The molecular formula is C14H19NO2S. The number of carbonyl (C=O) groups excluding carboxylic acids is 1. The molecule has 0 atom stereocenters. The first-order valence-corrected chi connectivity index (χ1v) is 7.09. The lowest BCUT2D eigenvalue weighted by molar-refractivity contribution is 0.0760. The molecule has 0 aliphatic heterocycles. The highest BCUT2D eigenvalue weighted by molar-refractivity contribution is 7.12. The van der Waals surface area contributed by atoms with Crippen LogP contribution in [-0.4, -0.2) is 35.6 Å². The predicted molar refractivity (Wildman–Crippen MR) is 74.8 cm³/mol. The lowest BCUT2D eigenvalue weighted by Crippen LogP contribution is -2.32. The van der Waals surface area contributed by atoms with E-state index in [1.807, 2.05) is 16.3 Å². The fraction of sp³-hybridized carbons (Fsp3) is 0.500. The number of hydrogen-bond acceptors (Lipinski definition) is 3. The quantitative estimate of drug-likeness (QED) is 0.830. The van der Waals surface area contributed by atoms with Crippen LogP contribution in [-0.2, 0) is 0 Å². The number of aliphatic hydroxyl groups excluding tert-OH is 1. The second kappa shape index (κ2) is 7.91. The van der Waals surface area contributed by atoms with E-state index in [1.165, 1.54) is 11.3 Å². The van der Waals surface area contributed by atoms with E-state index < -0.39 is 0 Å². The molecule has 0 unspecified atom stereocenters. The Bertz CT molecular complexity index is 436. The molecule has 0 radical (unpaired) electrons. The Labute approximate surface area is 112 Å². The summed E-state index contributed by atoms with van der Waals surface area (Å²) >= 11 is 1.41. The van der Waals surface area contributed by atoms with Gasteiger partial charge >= 0.3 is 0 Å². The van der Waals surface area contributed by atoms with E-state index in [4.69, 9.17) is 5.11 Å². The first kappa shape index (κ1) is 14.7. The molecule has 4 heteroatoms. The number of nitrogens with zero attached hydrogens (tertiary/aromatic N) is 1. The van der Waals surface area contributed by atoms with Gasteiger partial charge in [-0.1, -0.05) is 25.7 Å². The lowest BCUT2D eigenvalue weighted by atomic mass is 10.2. The van der Waals surface area contributed by atoms with E-state index in [1.54, 1.807) is 0 Å². The molecule has 1 rings (SSSR count). The van der Waals surface area contributed by atoms with E-state index in [0.717, 1.165) is 31.5 Å². The van der Waals surface area contributed by atoms with Gasteiger partial charge in [-0.05, 0) is 24.3 Å². The normalized spacial score (nSPS) is 9.72. The molecule has 0 bridgehead atoms. The Morgan fingerprint density at radius 2 is 2.06 bits per heavy atom. The van der Waals surface area contributed by atoms with Gasteiger partial charge in [-0.3, -0.25) is 4.79 Å². The Hall–Kier alpha value is -1.31. The second-order valence-electron chi connectivity index (χ2n) is 3.92. The summed E-state index contributed by atoms with van der Waals surface area (Å²) in [4.78, 5) is 14.9. The Balaban J connectivity index is 2.90. The summed E-state index contributed by atoms with van der Waals surface area (Å²) in [6.07, 6.45) is 1.91. The number of carbonyl (C=O) groups is 1. The highest BCUT2D eigenvalue weighted by atomic mass is 32.1. The van der Waals surface area contributed by atoms with Crippen molar-refractivity contribution in [3.8, 4) is 11.8 Å². The molecule has 0 aliphatic carbocycles. The second-order valence-corrected chi connectivity index (χ2v) is 4.83. The largest absolute Gasteiger partial charge is 0.384 e. The van der Waals surface area contributed by atoms with Gasteiger partial charge in [-0.2, -0.15) is 0 Å². The molecule has 0 saturated heterocycles. The SMILES string of the molecule is CCCN(CCC)C(=O)c1sccc1C#CCO. The number of aliphatic hydroxyl groups is 1. The highest BCUT2D eigenvalue weighted by Gasteiger charge is 2.18. The predicted octanol–water partition coefficient (Wildman–Crippen LogP) is 2.35. The number of amides is 1. The van der Waals surface area contributed by atoms with Crippen molar-refractivity contribution in [1.29, 1.82) is 0 Å². The van der Waals surface area contributed by atoms with Gasteiger partial charge in [0.1, 0.15) is 11.5 Å². The molecule has 1 aromatic rings. The fourth-order valence-corrected chi connectivity index (χ4v) is 2.52. The molecule has 0 aliphatic rings. The van der Waals surface area contributed by atoms with Crippen LogP contribution < -0.4 is 0 Å². The molecular weight excluding hydrogens is 246 g/mol. The van der Waals surface area contributed by atoms with Crippen molar-refractivity contribution in [2.45, 2.75) is 26.7 Å². The molecule has 98 valence electrons. The number of hydrogen-bond donors (Lipinski definition) is 1. The van der Waals surface area contributed by atoms with Gasteiger partial charge in [0.2, 0.25) is 0 Å². The molecule has 0 saturated carbocycles. The summed E-state index contributed by atoms with van der Waals surface area (Å²) in [6.45, 7) is 5.50. The van der Waals surface area contributed by atoms with Gasteiger partial charge in [0.25, 0.3) is 5.91 Å². The molecule has 1 amide bonds. The highest BCUT2D eigenvalue weighted by Crippen LogP contribution is 2.18.